The first-order chi connectivity index (χ1) is 8.80. The Balaban J connectivity index is 2.20. The molecule has 0 aromatic heterocycles. The van der Waals surface area contributed by atoms with E-state index in [0.717, 1.165) is 37.4 Å². The van der Waals surface area contributed by atoms with E-state index in [2.05, 4.69) is 11.8 Å². The highest BCUT2D eigenvalue weighted by Crippen LogP contribution is 2.11. The minimum Gasteiger partial charge on any atom is -0.494 e. The second-order valence-electron chi connectivity index (χ2n) is 4.21. The molecule has 4 heteroatoms. The van der Waals surface area contributed by atoms with Gasteiger partial charge in [-0.2, -0.15) is 0 Å². The van der Waals surface area contributed by atoms with E-state index >= 15 is 0 Å². The fraction of sp³-hybridized carbons (Fsp3) is 0.571. The lowest BCUT2D eigenvalue weighted by Gasteiger charge is -2.18. The molecule has 18 heavy (non-hydrogen) atoms. The van der Waals surface area contributed by atoms with Crippen LogP contribution >= 0.6 is 0 Å². The summed E-state index contributed by atoms with van der Waals surface area (Å²) in [5.41, 5.74) is 6.65. The maximum atomic E-state index is 8.87. The van der Waals surface area contributed by atoms with Crippen molar-refractivity contribution < 1.29 is 9.84 Å². The molecule has 0 atom stereocenters. The maximum Gasteiger partial charge on any atom is 0.119 e. The minimum atomic E-state index is 0.218. The van der Waals surface area contributed by atoms with Gasteiger partial charge in [0.05, 0.1) is 13.2 Å². The Kier molecular flexibility index (Phi) is 7.41. The van der Waals surface area contributed by atoms with E-state index in [4.69, 9.17) is 15.6 Å². The first kappa shape index (κ1) is 15.0. The number of rotatable bonds is 9. The summed E-state index contributed by atoms with van der Waals surface area (Å²) in [4.78, 5) is 2.21. The van der Waals surface area contributed by atoms with E-state index in [9.17, 15) is 0 Å². The molecule has 0 aliphatic carbocycles. The summed E-state index contributed by atoms with van der Waals surface area (Å²) in [6, 6.07) is 7.87. The van der Waals surface area contributed by atoms with E-state index in [-0.39, 0.29) is 6.61 Å². The Morgan fingerprint density at radius 3 is 2.50 bits per heavy atom. The molecule has 0 unspecified atom stereocenters. The van der Waals surface area contributed by atoms with Gasteiger partial charge in [0, 0.05) is 19.6 Å². The number of hydrogen-bond acceptors (Lipinski definition) is 4. The lowest BCUT2D eigenvalue weighted by molar-refractivity contribution is 0.189. The molecule has 0 bridgehead atoms. The summed E-state index contributed by atoms with van der Waals surface area (Å²) in [5, 5.41) is 8.87. The first-order valence-corrected chi connectivity index (χ1v) is 6.55. The third-order valence-corrected chi connectivity index (χ3v) is 2.91. The molecule has 0 amide bonds. The van der Waals surface area contributed by atoms with Crippen molar-refractivity contribution in [3.05, 3.63) is 29.8 Å². The molecule has 1 rings (SSSR count). The third-order valence-electron chi connectivity index (χ3n) is 2.91. The number of aliphatic hydroxyl groups excluding tert-OH is 1. The van der Waals surface area contributed by atoms with Crippen molar-refractivity contribution in [3.63, 3.8) is 0 Å². The molecule has 0 aliphatic rings. The Bertz CT molecular complexity index is 314. The summed E-state index contributed by atoms with van der Waals surface area (Å²) < 4.78 is 5.65. The van der Waals surface area contributed by atoms with Crippen LogP contribution in [0, 0.1) is 0 Å². The fourth-order valence-electron chi connectivity index (χ4n) is 1.77. The number of nitrogens with two attached hydrogens (primary N) is 1. The highest BCUT2D eigenvalue weighted by molar-refractivity contribution is 5.26. The maximum absolute atomic E-state index is 8.87. The number of aliphatic hydroxyl groups is 1. The molecule has 0 heterocycles. The summed E-state index contributed by atoms with van der Waals surface area (Å²) in [7, 11) is 0. The van der Waals surface area contributed by atoms with Gasteiger partial charge in [-0.15, -0.1) is 0 Å². The second kappa shape index (κ2) is 8.91. The van der Waals surface area contributed by atoms with Crippen LogP contribution in [-0.4, -0.2) is 42.9 Å². The van der Waals surface area contributed by atoms with Gasteiger partial charge >= 0.3 is 0 Å². The van der Waals surface area contributed by atoms with Crippen molar-refractivity contribution in [2.24, 2.45) is 5.73 Å². The molecule has 0 aliphatic heterocycles. The van der Waals surface area contributed by atoms with Crippen LogP contribution < -0.4 is 10.5 Å². The Morgan fingerprint density at radius 1 is 1.22 bits per heavy atom. The van der Waals surface area contributed by atoms with Crippen LogP contribution in [0.5, 0.6) is 5.75 Å². The van der Waals surface area contributed by atoms with Crippen molar-refractivity contribution >= 4 is 0 Å². The highest BCUT2D eigenvalue weighted by atomic mass is 16.5. The summed E-state index contributed by atoms with van der Waals surface area (Å²) in [6.45, 7) is 6.24. The molecule has 102 valence electrons. The third kappa shape index (κ3) is 5.49. The smallest absolute Gasteiger partial charge is 0.119 e. The van der Waals surface area contributed by atoms with Crippen LogP contribution in [0.3, 0.4) is 0 Å². The molecular formula is C14H24N2O2. The first-order valence-electron chi connectivity index (χ1n) is 6.55. The molecular weight excluding hydrogens is 228 g/mol. The minimum absolute atomic E-state index is 0.218. The number of hydrogen-bond donors (Lipinski definition) is 2. The van der Waals surface area contributed by atoms with Crippen LogP contribution in [0.1, 0.15) is 18.9 Å². The summed E-state index contributed by atoms with van der Waals surface area (Å²) in [5.74, 6) is 0.886. The Hall–Kier alpha value is -1.10. The number of likely N-dealkylation sites (N-methyl/N-ethyl adjacent to an activating group) is 1. The molecule has 0 radical (unpaired) electrons. The summed E-state index contributed by atoms with van der Waals surface area (Å²) >= 11 is 0. The SMILES string of the molecule is CCN(CCO)CCCOc1ccc(CN)cc1. The van der Waals surface area contributed by atoms with Gasteiger partial charge in [0.15, 0.2) is 0 Å². The molecule has 4 nitrogen and oxygen atoms in total. The molecule has 0 spiro atoms. The largest absolute Gasteiger partial charge is 0.494 e. The molecule has 3 N–H and O–H groups in total. The van der Waals surface area contributed by atoms with Crippen molar-refractivity contribution in [3.8, 4) is 5.75 Å². The molecule has 0 fully saturated rings. The van der Waals surface area contributed by atoms with Crippen molar-refractivity contribution in [2.45, 2.75) is 19.9 Å². The van der Waals surface area contributed by atoms with Gasteiger partial charge in [0.1, 0.15) is 5.75 Å². The van der Waals surface area contributed by atoms with Gasteiger partial charge in [-0.25, -0.2) is 0 Å². The molecule has 1 aromatic carbocycles. The van der Waals surface area contributed by atoms with Gasteiger partial charge in [0.2, 0.25) is 0 Å². The lowest BCUT2D eigenvalue weighted by atomic mass is 10.2. The molecule has 1 aromatic rings. The normalized spacial score (nSPS) is 10.9. The topological polar surface area (TPSA) is 58.7 Å². The van der Waals surface area contributed by atoms with Gasteiger partial charge in [0.25, 0.3) is 0 Å². The molecule has 0 saturated heterocycles. The predicted octanol–water partition coefficient (Wildman–Crippen LogP) is 1.23. The summed E-state index contributed by atoms with van der Waals surface area (Å²) in [6.07, 6.45) is 0.965. The van der Waals surface area contributed by atoms with E-state index in [1.165, 1.54) is 0 Å². The standard InChI is InChI=1S/C14H24N2O2/c1-2-16(9-10-17)8-3-11-18-14-6-4-13(12-15)5-7-14/h4-7,17H,2-3,8-12,15H2,1H3. The van der Waals surface area contributed by atoms with Gasteiger partial charge in [-0.3, -0.25) is 0 Å². The Morgan fingerprint density at radius 2 is 1.94 bits per heavy atom. The number of ether oxygens (including phenoxy) is 1. The van der Waals surface area contributed by atoms with E-state index in [0.29, 0.717) is 13.2 Å². The zero-order valence-corrected chi connectivity index (χ0v) is 11.1. The van der Waals surface area contributed by atoms with Crippen LogP contribution in [0.25, 0.3) is 0 Å². The number of nitrogens with zero attached hydrogens (tertiary/aromatic N) is 1. The van der Waals surface area contributed by atoms with E-state index in [1.807, 2.05) is 24.3 Å². The van der Waals surface area contributed by atoms with E-state index in [1.54, 1.807) is 0 Å². The predicted molar refractivity (Wildman–Crippen MR) is 73.6 cm³/mol. The van der Waals surface area contributed by atoms with Crippen molar-refractivity contribution in [1.29, 1.82) is 0 Å². The number of benzene rings is 1. The van der Waals surface area contributed by atoms with Crippen LogP contribution in [0.2, 0.25) is 0 Å². The zero-order chi connectivity index (χ0) is 13.2. The van der Waals surface area contributed by atoms with Gasteiger partial charge < -0.3 is 20.5 Å². The van der Waals surface area contributed by atoms with E-state index < -0.39 is 0 Å². The zero-order valence-electron chi connectivity index (χ0n) is 11.1. The highest BCUT2D eigenvalue weighted by Gasteiger charge is 2.01. The Labute approximate surface area is 109 Å². The van der Waals surface area contributed by atoms with Crippen LogP contribution in [-0.2, 0) is 6.54 Å². The quantitative estimate of drug-likeness (QED) is 0.649. The monoisotopic (exact) mass is 252 g/mol. The average Bonchev–Trinajstić information content (AvgIpc) is 2.43. The second-order valence-corrected chi connectivity index (χ2v) is 4.21. The van der Waals surface area contributed by atoms with Crippen LogP contribution in [0.4, 0.5) is 0 Å². The lowest BCUT2D eigenvalue weighted by Crippen LogP contribution is -2.28. The average molecular weight is 252 g/mol. The van der Waals surface area contributed by atoms with Gasteiger partial charge in [-0.05, 0) is 30.7 Å². The van der Waals surface area contributed by atoms with Crippen LogP contribution in [0.15, 0.2) is 24.3 Å². The van der Waals surface area contributed by atoms with Gasteiger partial charge in [-0.1, -0.05) is 19.1 Å². The van der Waals surface area contributed by atoms with Crippen molar-refractivity contribution in [2.75, 3.05) is 32.8 Å². The fourth-order valence-corrected chi connectivity index (χ4v) is 1.77. The van der Waals surface area contributed by atoms with Crippen molar-refractivity contribution in [1.82, 2.24) is 4.90 Å². The molecule has 0 saturated carbocycles.